The van der Waals surface area contributed by atoms with Crippen LogP contribution < -0.4 is 11.1 Å². The van der Waals surface area contributed by atoms with Crippen molar-refractivity contribution in [2.24, 2.45) is 0 Å². The van der Waals surface area contributed by atoms with Gasteiger partial charge < -0.3 is 16.2 Å². The van der Waals surface area contributed by atoms with Crippen LogP contribution in [0.1, 0.15) is 50.1 Å². The van der Waals surface area contributed by atoms with E-state index in [4.69, 9.17) is 11.0 Å². The molecule has 2 heterocycles. The molecule has 1 aromatic carbocycles. The molecule has 1 atom stereocenters. The number of nitrogens with one attached hydrogen (secondary N) is 1. The Hall–Kier alpha value is -3.93. The molecule has 0 radical (unpaired) electrons. The molecule has 0 saturated heterocycles. The first-order chi connectivity index (χ1) is 13.0. The lowest BCUT2D eigenvalue weighted by atomic mass is 10.1. The highest BCUT2D eigenvalue weighted by molar-refractivity contribution is 5.96. The summed E-state index contributed by atoms with van der Waals surface area (Å²) >= 11 is 0. The first-order valence-electron chi connectivity index (χ1n) is 8.19. The lowest BCUT2D eigenvalue weighted by Crippen LogP contribution is -2.28. The number of hydrogen-bond donors (Lipinski definition) is 3. The number of nitrogens with zero attached hydrogens (tertiary/aromatic N) is 4. The number of carboxylic acids is 1. The second-order valence-corrected chi connectivity index (χ2v) is 6.26. The van der Waals surface area contributed by atoms with Crippen molar-refractivity contribution in [1.82, 2.24) is 19.9 Å². The fourth-order valence-corrected chi connectivity index (χ4v) is 3.32. The molecule has 0 aliphatic heterocycles. The smallest absolute Gasteiger partial charge is 0.354 e. The van der Waals surface area contributed by atoms with Crippen LogP contribution in [0.2, 0.25) is 0 Å². The van der Waals surface area contributed by atoms with E-state index in [1.807, 2.05) is 12.1 Å². The molecule has 1 amide bonds. The van der Waals surface area contributed by atoms with E-state index in [0.717, 1.165) is 22.1 Å². The number of aromatic nitrogens is 3. The zero-order chi connectivity index (χ0) is 19.1. The topological polar surface area (TPSA) is 146 Å². The monoisotopic (exact) mass is 362 g/mol. The van der Waals surface area contributed by atoms with E-state index in [-0.39, 0.29) is 28.8 Å². The normalized spacial score (nSPS) is 15.3. The Morgan fingerprint density at radius 3 is 2.93 bits per heavy atom. The number of benzene rings is 1. The van der Waals surface area contributed by atoms with Gasteiger partial charge in [-0.1, -0.05) is 6.07 Å². The van der Waals surface area contributed by atoms with Crippen molar-refractivity contribution >= 4 is 23.2 Å². The fourth-order valence-electron chi connectivity index (χ4n) is 3.32. The van der Waals surface area contributed by atoms with Gasteiger partial charge in [-0.25, -0.2) is 14.3 Å². The van der Waals surface area contributed by atoms with Crippen molar-refractivity contribution in [1.29, 1.82) is 5.26 Å². The first-order valence-corrected chi connectivity index (χ1v) is 8.19. The molecule has 4 rings (SSSR count). The van der Waals surface area contributed by atoms with Gasteiger partial charge in [-0.05, 0) is 36.1 Å². The molecule has 3 aromatic rings. The van der Waals surface area contributed by atoms with Gasteiger partial charge in [-0.3, -0.25) is 4.79 Å². The standard InChI is InChI=1S/C18H14N6O3/c19-7-9-1-3-11-10(5-9)2-4-13(11)23-17(25)14-6-15(18(26)27)24-16(22-14)12(20)8-21-24/h1,3,5-6,8,13H,2,4,20H2,(H,23,25)(H,26,27)/t13-/m0/s1. The summed E-state index contributed by atoms with van der Waals surface area (Å²) in [5.74, 6) is -1.74. The average molecular weight is 362 g/mol. The van der Waals surface area contributed by atoms with E-state index in [0.29, 0.717) is 12.0 Å². The SMILES string of the molecule is N#Cc1ccc2c(c1)CC[C@@H]2NC(=O)c1cc(C(=O)O)n2ncc(N)c2n1. The molecular weight excluding hydrogens is 348 g/mol. The van der Waals surface area contributed by atoms with Gasteiger partial charge in [0.05, 0.1) is 29.6 Å². The third-order valence-electron chi connectivity index (χ3n) is 4.61. The maximum Gasteiger partial charge on any atom is 0.354 e. The molecule has 134 valence electrons. The van der Waals surface area contributed by atoms with E-state index in [9.17, 15) is 14.7 Å². The number of amides is 1. The van der Waals surface area contributed by atoms with Gasteiger partial charge in [-0.2, -0.15) is 10.4 Å². The minimum Gasteiger partial charge on any atom is -0.477 e. The molecule has 4 N–H and O–H groups in total. The van der Waals surface area contributed by atoms with Crippen molar-refractivity contribution in [3.8, 4) is 6.07 Å². The molecule has 0 bridgehead atoms. The summed E-state index contributed by atoms with van der Waals surface area (Å²) in [6.45, 7) is 0. The number of carboxylic acid groups (broad SMARTS) is 1. The fraction of sp³-hybridized carbons (Fsp3) is 0.167. The molecule has 2 aromatic heterocycles. The molecule has 0 spiro atoms. The molecular formula is C18H14N6O3. The summed E-state index contributed by atoms with van der Waals surface area (Å²) < 4.78 is 1.09. The molecule has 1 aliphatic carbocycles. The summed E-state index contributed by atoms with van der Waals surface area (Å²) in [5.41, 5.74) is 8.37. The highest BCUT2D eigenvalue weighted by Gasteiger charge is 2.26. The zero-order valence-electron chi connectivity index (χ0n) is 14.0. The Kier molecular flexibility index (Phi) is 3.74. The number of carbonyl (C=O) groups is 2. The van der Waals surface area contributed by atoms with Crippen LogP contribution in [0.4, 0.5) is 5.69 Å². The summed E-state index contributed by atoms with van der Waals surface area (Å²) in [6, 6.07) is 8.41. The van der Waals surface area contributed by atoms with Crippen molar-refractivity contribution in [2.45, 2.75) is 18.9 Å². The van der Waals surface area contributed by atoms with Crippen LogP contribution in [0.3, 0.4) is 0 Å². The van der Waals surface area contributed by atoms with E-state index in [1.54, 1.807) is 6.07 Å². The van der Waals surface area contributed by atoms with E-state index >= 15 is 0 Å². The van der Waals surface area contributed by atoms with E-state index in [1.165, 1.54) is 12.3 Å². The number of nitriles is 1. The number of nitrogens with two attached hydrogens (primary N) is 1. The van der Waals surface area contributed by atoms with Crippen LogP contribution in [0.5, 0.6) is 0 Å². The predicted octanol–water partition coefficient (Wildman–Crippen LogP) is 1.30. The van der Waals surface area contributed by atoms with Gasteiger partial charge >= 0.3 is 5.97 Å². The van der Waals surface area contributed by atoms with Crippen LogP contribution in [0.15, 0.2) is 30.5 Å². The molecule has 0 fully saturated rings. The Bertz CT molecular complexity index is 1140. The van der Waals surface area contributed by atoms with Gasteiger partial charge in [0.15, 0.2) is 11.3 Å². The molecule has 1 aliphatic rings. The second kappa shape index (κ2) is 6.10. The molecule has 9 nitrogen and oxygen atoms in total. The number of hydrogen-bond acceptors (Lipinski definition) is 6. The first kappa shape index (κ1) is 16.5. The second-order valence-electron chi connectivity index (χ2n) is 6.26. The maximum atomic E-state index is 12.7. The van der Waals surface area contributed by atoms with Crippen molar-refractivity contribution in [3.63, 3.8) is 0 Å². The van der Waals surface area contributed by atoms with E-state index < -0.39 is 11.9 Å². The van der Waals surface area contributed by atoms with Crippen LogP contribution >= 0.6 is 0 Å². The van der Waals surface area contributed by atoms with Crippen LogP contribution in [-0.2, 0) is 6.42 Å². The van der Waals surface area contributed by atoms with Crippen molar-refractivity contribution < 1.29 is 14.7 Å². The summed E-state index contributed by atoms with van der Waals surface area (Å²) in [5, 5.41) is 25.1. The van der Waals surface area contributed by atoms with E-state index in [2.05, 4.69) is 21.5 Å². The number of rotatable bonds is 3. The number of anilines is 1. The molecule has 0 saturated carbocycles. The van der Waals surface area contributed by atoms with Crippen molar-refractivity contribution in [3.05, 3.63) is 58.5 Å². The Balaban J connectivity index is 1.66. The van der Waals surface area contributed by atoms with Crippen LogP contribution in [0.25, 0.3) is 5.65 Å². The third-order valence-corrected chi connectivity index (χ3v) is 4.61. The number of nitrogen functional groups attached to an aromatic ring is 1. The van der Waals surface area contributed by atoms with Crippen LogP contribution in [0, 0.1) is 11.3 Å². The highest BCUT2D eigenvalue weighted by atomic mass is 16.4. The maximum absolute atomic E-state index is 12.7. The molecule has 27 heavy (non-hydrogen) atoms. The van der Waals surface area contributed by atoms with Gasteiger partial charge in [-0.15, -0.1) is 0 Å². The average Bonchev–Trinajstić information content (AvgIpc) is 3.24. The van der Waals surface area contributed by atoms with Gasteiger partial charge in [0.1, 0.15) is 5.69 Å². The summed E-state index contributed by atoms with van der Waals surface area (Å²) in [6.07, 6.45) is 2.73. The zero-order valence-corrected chi connectivity index (χ0v) is 14.0. The minimum atomic E-state index is -1.24. The quantitative estimate of drug-likeness (QED) is 0.636. The largest absolute Gasteiger partial charge is 0.477 e. The Morgan fingerprint density at radius 1 is 1.37 bits per heavy atom. The lowest BCUT2D eigenvalue weighted by Gasteiger charge is -2.14. The van der Waals surface area contributed by atoms with Gasteiger partial charge in [0.2, 0.25) is 0 Å². The summed E-state index contributed by atoms with van der Waals surface area (Å²) in [7, 11) is 0. The number of carbonyl (C=O) groups excluding carboxylic acids is 1. The molecule has 0 unspecified atom stereocenters. The Labute approximate surface area is 153 Å². The van der Waals surface area contributed by atoms with Gasteiger partial charge in [0.25, 0.3) is 5.91 Å². The third kappa shape index (κ3) is 2.73. The predicted molar refractivity (Wildman–Crippen MR) is 94.0 cm³/mol. The number of fused-ring (bicyclic) bond motifs is 2. The number of aryl methyl sites for hydroxylation is 1. The Morgan fingerprint density at radius 2 is 2.19 bits per heavy atom. The minimum absolute atomic E-state index is 0.0470. The van der Waals surface area contributed by atoms with Crippen molar-refractivity contribution in [2.75, 3.05) is 5.73 Å². The van der Waals surface area contributed by atoms with Gasteiger partial charge in [0, 0.05) is 6.07 Å². The molecule has 9 heteroatoms. The lowest BCUT2D eigenvalue weighted by molar-refractivity contribution is 0.0687. The summed E-state index contributed by atoms with van der Waals surface area (Å²) in [4.78, 5) is 28.3. The van der Waals surface area contributed by atoms with Crippen LogP contribution in [-0.4, -0.2) is 31.6 Å². The number of aromatic carboxylic acids is 1. The highest BCUT2D eigenvalue weighted by Crippen LogP contribution is 2.32.